The van der Waals surface area contributed by atoms with E-state index >= 15 is 0 Å². The maximum atomic E-state index is 12.8. The van der Waals surface area contributed by atoms with Crippen LogP contribution in [0.25, 0.3) is 16.3 Å². The average Bonchev–Trinajstić information content (AvgIpc) is 3.08. The number of likely N-dealkylation sites (N-methyl/N-ethyl adjacent to an activating group) is 1. The number of rotatable bonds is 4. The number of halogens is 3. The Morgan fingerprint density at radius 3 is 2.63 bits per heavy atom. The molecule has 7 heteroatoms. The summed E-state index contributed by atoms with van der Waals surface area (Å²) in [5, 5.41) is 0.805. The maximum Gasteiger partial charge on any atom is 0.416 e. The minimum atomic E-state index is -4.41. The summed E-state index contributed by atoms with van der Waals surface area (Å²) < 4.78 is 39.4. The number of carbonyl (C=O) groups is 1. The summed E-state index contributed by atoms with van der Waals surface area (Å²) in [6, 6.07) is 12.3. The minimum Gasteiger partial charge on any atom is -0.333 e. The Labute approximate surface area is 158 Å². The Morgan fingerprint density at radius 1 is 1.19 bits per heavy atom. The quantitative estimate of drug-likeness (QED) is 0.548. The SMILES string of the molecule is CC(c1nc2ccccc2s1)N(C)C(=O)/C=C/c1cccc(C(F)(F)F)c1. The molecular formula is C20H17F3N2OS. The fraction of sp³-hybridized carbons (Fsp3) is 0.200. The molecule has 27 heavy (non-hydrogen) atoms. The molecule has 1 atom stereocenters. The first kappa shape index (κ1) is 19.1. The first-order valence-corrected chi connectivity index (χ1v) is 9.05. The Kier molecular flexibility index (Phi) is 5.32. The van der Waals surface area contributed by atoms with E-state index in [4.69, 9.17) is 0 Å². The Hall–Kier alpha value is -2.67. The van der Waals surface area contributed by atoms with Crippen LogP contribution in [0.5, 0.6) is 0 Å². The smallest absolute Gasteiger partial charge is 0.333 e. The van der Waals surface area contributed by atoms with E-state index in [1.54, 1.807) is 7.05 Å². The van der Waals surface area contributed by atoms with Crippen molar-refractivity contribution >= 4 is 33.5 Å². The van der Waals surface area contributed by atoms with Gasteiger partial charge in [0.05, 0.1) is 21.8 Å². The van der Waals surface area contributed by atoms with Gasteiger partial charge in [0.1, 0.15) is 5.01 Å². The van der Waals surface area contributed by atoms with Crippen molar-refractivity contribution in [1.29, 1.82) is 0 Å². The number of hydrogen-bond donors (Lipinski definition) is 0. The van der Waals surface area contributed by atoms with Crippen LogP contribution in [-0.2, 0) is 11.0 Å². The van der Waals surface area contributed by atoms with Crippen LogP contribution in [0.3, 0.4) is 0 Å². The summed E-state index contributed by atoms with van der Waals surface area (Å²) in [6.07, 6.45) is -1.75. The number of aromatic nitrogens is 1. The highest BCUT2D eigenvalue weighted by Crippen LogP contribution is 2.30. The molecule has 3 rings (SSSR count). The molecule has 3 aromatic rings. The highest BCUT2D eigenvalue weighted by molar-refractivity contribution is 7.18. The van der Waals surface area contributed by atoms with Gasteiger partial charge in [-0.3, -0.25) is 4.79 Å². The minimum absolute atomic E-state index is 0.249. The van der Waals surface area contributed by atoms with Gasteiger partial charge in [-0.05, 0) is 42.8 Å². The first-order chi connectivity index (χ1) is 12.8. The second kappa shape index (κ2) is 7.52. The van der Waals surface area contributed by atoms with Gasteiger partial charge < -0.3 is 4.90 Å². The van der Waals surface area contributed by atoms with E-state index in [0.717, 1.165) is 27.4 Å². The number of amides is 1. The summed E-state index contributed by atoms with van der Waals surface area (Å²) in [6.45, 7) is 1.87. The topological polar surface area (TPSA) is 33.2 Å². The van der Waals surface area contributed by atoms with Crippen LogP contribution in [-0.4, -0.2) is 22.8 Å². The van der Waals surface area contributed by atoms with Gasteiger partial charge in [-0.1, -0.05) is 24.3 Å². The normalized spacial score (nSPS) is 13.2. The number of thiazole rings is 1. The second-order valence-electron chi connectivity index (χ2n) is 6.10. The van der Waals surface area contributed by atoms with Crippen molar-refractivity contribution in [1.82, 2.24) is 9.88 Å². The second-order valence-corrected chi connectivity index (χ2v) is 7.16. The number of para-hydroxylation sites is 1. The molecule has 0 aliphatic heterocycles. The number of nitrogens with zero attached hydrogens (tertiary/aromatic N) is 2. The van der Waals surface area contributed by atoms with Crippen LogP contribution in [0.4, 0.5) is 13.2 Å². The van der Waals surface area contributed by atoms with Crippen LogP contribution in [0.2, 0.25) is 0 Å². The predicted molar refractivity (Wildman–Crippen MR) is 101 cm³/mol. The maximum absolute atomic E-state index is 12.8. The van der Waals surface area contributed by atoms with Crippen molar-refractivity contribution < 1.29 is 18.0 Å². The number of carbonyl (C=O) groups excluding carboxylic acids is 1. The van der Waals surface area contributed by atoms with Gasteiger partial charge in [-0.15, -0.1) is 11.3 Å². The fourth-order valence-electron chi connectivity index (χ4n) is 2.53. The van der Waals surface area contributed by atoms with Gasteiger partial charge in [-0.25, -0.2) is 4.98 Å². The molecule has 0 fully saturated rings. The van der Waals surface area contributed by atoms with E-state index in [2.05, 4.69) is 4.98 Å². The molecule has 1 aromatic heterocycles. The average molecular weight is 390 g/mol. The molecule has 140 valence electrons. The lowest BCUT2D eigenvalue weighted by molar-refractivity contribution is -0.137. The van der Waals surface area contributed by atoms with Gasteiger partial charge in [0.25, 0.3) is 0 Å². The summed E-state index contributed by atoms with van der Waals surface area (Å²) in [5.41, 5.74) is 0.456. The number of benzene rings is 2. The summed E-state index contributed by atoms with van der Waals surface area (Å²) in [7, 11) is 1.65. The van der Waals surface area contributed by atoms with Crippen LogP contribution < -0.4 is 0 Å². The molecule has 0 bridgehead atoms. The molecule has 1 unspecified atom stereocenters. The Bertz CT molecular complexity index is 961. The van der Waals surface area contributed by atoms with Crippen molar-refractivity contribution in [3.05, 3.63) is 70.7 Å². The third-order valence-corrected chi connectivity index (χ3v) is 5.44. The van der Waals surface area contributed by atoms with Crippen LogP contribution in [0, 0.1) is 0 Å². The van der Waals surface area contributed by atoms with Crippen molar-refractivity contribution in [2.24, 2.45) is 0 Å². The molecule has 0 saturated carbocycles. The zero-order chi connectivity index (χ0) is 19.6. The molecule has 1 amide bonds. The first-order valence-electron chi connectivity index (χ1n) is 8.23. The predicted octanol–water partition coefficient (Wildman–Crippen LogP) is 5.55. The van der Waals surface area contributed by atoms with Crippen LogP contribution in [0.1, 0.15) is 29.1 Å². The standard InChI is InChI=1S/C20H17F3N2OS/c1-13(19-24-16-8-3-4-9-17(16)27-19)25(2)18(26)11-10-14-6-5-7-15(12-14)20(21,22)23/h3-13H,1-2H3/b11-10+. The Balaban J connectivity index is 1.74. The van der Waals surface area contributed by atoms with E-state index in [-0.39, 0.29) is 11.9 Å². The van der Waals surface area contributed by atoms with Gasteiger partial charge in [-0.2, -0.15) is 13.2 Å². The van der Waals surface area contributed by atoms with Crippen LogP contribution >= 0.6 is 11.3 Å². The zero-order valence-corrected chi connectivity index (χ0v) is 15.5. The fourth-order valence-corrected chi connectivity index (χ4v) is 3.59. The largest absolute Gasteiger partial charge is 0.416 e. The van der Waals surface area contributed by atoms with Crippen molar-refractivity contribution in [3.63, 3.8) is 0 Å². The molecule has 2 aromatic carbocycles. The molecule has 1 heterocycles. The number of alkyl halides is 3. The molecule has 0 saturated heterocycles. The van der Waals surface area contributed by atoms with Crippen molar-refractivity contribution in [2.45, 2.75) is 19.1 Å². The van der Waals surface area contributed by atoms with E-state index in [0.29, 0.717) is 5.56 Å². The van der Waals surface area contributed by atoms with Gasteiger partial charge in [0.15, 0.2) is 0 Å². The van der Waals surface area contributed by atoms with Crippen molar-refractivity contribution in [2.75, 3.05) is 7.05 Å². The monoisotopic (exact) mass is 390 g/mol. The van der Waals surface area contributed by atoms with E-state index < -0.39 is 11.7 Å². The molecular weight excluding hydrogens is 373 g/mol. The summed E-state index contributed by atoms with van der Waals surface area (Å²) in [4.78, 5) is 18.5. The molecule has 0 radical (unpaired) electrons. The highest BCUT2D eigenvalue weighted by Gasteiger charge is 2.30. The molecule has 0 spiro atoms. The lowest BCUT2D eigenvalue weighted by Crippen LogP contribution is -2.27. The molecule has 0 aliphatic rings. The summed E-state index contributed by atoms with van der Waals surface area (Å²) >= 11 is 1.52. The number of hydrogen-bond acceptors (Lipinski definition) is 3. The number of fused-ring (bicyclic) bond motifs is 1. The van der Waals surface area contributed by atoms with Crippen molar-refractivity contribution in [3.8, 4) is 0 Å². The lowest BCUT2D eigenvalue weighted by Gasteiger charge is -2.21. The summed E-state index contributed by atoms with van der Waals surface area (Å²) in [5.74, 6) is -0.306. The van der Waals surface area contributed by atoms with E-state index in [1.165, 1.54) is 40.5 Å². The van der Waals surface area contributed by atoms with E-state index in [1.807, 2.05) is 31.2 Å². The Morgan fingerprint density at radius 2 is 1.93 bits per heavy atom. The highest BCUT2D eigenvalue weighted by atomic mass is 32.1. The van der Waals surface area contributed by atoms with Gasteiger partial charge >= 0.3 is 6.18 Å². The van der Waals surface area contributed by atoms with E-state index in [9.17, 15) is 18.0 Å². The van der Waals surface area contributed by atoms with Crippen LogP contribution in [0.15, 0.2) is 54.6 Å². The molecule has 0 N–H and O–H groups in total. The lowest BCUT2D eigenvalue weighted by atomic mass is 10.1. The van der Waals surface area contributed by atoms with Gasteiger partial charge in [0, 0.05) is 13.1 Å². The molecule has 3 nitrogen and oxygen atoms in total. The zero-order valence-electron chi connectivity index (χ0n) is 14.7. The molecule has 0 aliphatic carbocycles. The van der Waals surface area contributed by atoms with Gasteiger partial charge in [0.2, 0.25) is 5.91 Å². The third-order valence-electron chi connectivity index (χ3n) is 4.23. The third kappa shape index (κ3) is 4.36.